The molecule has 2 N–H and O–H groups in total. The van der Waals surface area contributed by atoms with Crippen molar-refractivity contribution >= 4 is 0 Å². The molecule has 4 heteroatoms. The molecule has 4 saturated carbocycles. The first-order chi connectivity index (χ1) is 11.2. The lowest BCUT2D eigenvalue weighted by Gasteiger charge is -2.57. The van der Waals surface area contributed by atoms with Gasteiger partial charge in [0.2, 0.25) is 0 Å². The summed E-state index contributed by atoms with van der Waals surface area (Å²) in [6, 6.07) is 0.363. The lowest BCUT2D eigenvalue weighted by molar-refractivity contribution is -0.0624. The summed E-state index contributed by atoms with van der Waals surface area (Å²) >= 11 is 0. The Morgan fingerprint density at radius 2 is 1.83 bits per heavy atom. The van der Waals surface area contributed by atoms with E-state index < -0.39 is 0 Å². The fourth-order valence-corrected chi connectivity index (χ4v) is 6.69. The molecule has 4 aliphatic carbocycles. The van der Waals surface area contributed by atoms with E-state index in [0.29, 0.717) is 11.5 Å². The zero-order chi connectivity index (χ0) is 15.4. The van der Waals surface area contributed by atoms with Gasteiger partial charge in [-0.2, -0.15) is 0 Å². The second kappa shape index (κ2) is 5.32. The van der Waals surface area contributed by atoms with Gasteiger partial charge in [-0.3, -0.25) is 4.90 Å². The molecule has 126 valence electrons. The van der Waals surface area contributed by atoms with Gasteiger partial charge in [0.05, 0.1) is 6.54 Å². The summed E-state index contributed by atoms with van der Waals surface area (Å²) in [6.45, 7) is 4.36. The third-order valence-electron chi connectivity index (χ3n) is 7.15. The Hall–Kier alpha value is -0.870. The maximum absolute atomic E-state index is 6.06. The van der Waals surface area contributed by atoms with Crippen molar-refractivity contribution in [3.8, 4) is 0 Å². The highest BCUT2D eigenvalue weighted by Crippen LogP contribution is 2.60. The molecule has 1 saturated heterocycles. The van der Waals surface area contributed by atoms with E-state index in [2.05, 4.69) is 20.6 Å². The molecule has 1 aliphatic heterocycles. The molecule has 2 heterocycles. The minimum absolute atomic E-state index is 0.363. The average molecular weight is 314 g/mol. The molecular formula is C19H30N4. The van der Waals surface area contributed by atoms with Crippen LogP contribution in [0.5, 0.6) is 0 Å². The van der Waals surface area contributed by atoms with Crippen LogP contribution in [-0.4, -0.2) is 33.6 Å². The molecule has 23 heavy (non-hydrogen) atoms. The van der Waals surface area contributed by atoms with Gasteiger partial charge in [-0.1, -0.05) is 0 Å². The van der Waals surface area contributed by atoms with Crippen LogP contribution in [0.1, 0.15) is 50.8 Å². The second-order valence-electron chi connectivity index (χ2n) is 9.17. The fourth-order valence-electron chi connectivity index (χ4n) is 6.69. The van der Waals surface area contributed by atoms with Gasteiger partial charge in [-0.15, -0.1) is 0 Å². The number of aromatic nitrogens is 2. The van der Waals surface area contributed by atoms with Gasteiger partial charge in [0.25, 0.3) is 0 Å². The van der Waals surface area contributed by atoms with E-state index in [4.69, 9.17) is 5.73 Å². The molecule has 1 aromatic heterocycles. The van der Waals surface area contributed by atoms with Crippen molar-refractivity contribution in [3.05, 3.63) is 18.2 Å². The Morgan fingerprint density at radius 3 is 2.43 bits per heavy atom. The van der Waals surface area contributed by atoms with E-state index in [9.17, 15) is 0 Å². The summed E-state index contributed by atoms with van der Waals surface area (Å²) in [5.41, 5.74) is 6.65. The normalized spacial score (nSPS) is 42.7. The SMILES string of the molecule is N[C@@H]1CCN(Cc2nccn2CC23CC4CC(CC(C4)C2)C3)C1. The van der Waals surface area contributed by atoms with Crippen LogP contribution in [0.4, 0.5) is 0 Å². The van der Waals surface area contributed by atoms with E-state index in [0.717, 1.165) is 43.8 Å². The van der Waals surface area contributed by atoms with Crippen molar-refractivity contribution in [2.75, 3.05) is 13.1 Å². The summed E-state index contributed by atoms with van der Waals surface area (Å²) in [5, 5.41) is 0. The highest BCUT2D eigenvalue weighted by atomic mass is 15.2. The Morgan fingerprint density at radius 1 is 1.13 bits per heavy atom. The highest BCUT2D eigenvalue weighted by Gasteiger charge is 2.50. The molecule has 4 nitrogen and oxygen atoms in total. The summed E-state index contributed by atoms with van der Waals surface area (Å²) in [6.07, 6.45) is 14.4. The van der Waals surface area contributed by atoms with E-state index in [1.165, 1.54) is 50.9 Å². The second-order valence-corrected chi connectivity index (χ2v) is 9.17. The zero-order valence-electron chi connectivity index (χ0n) is 14.2. The van der Waals surface area contributed by atoms with Gasteiger partial charge in [-0.05, 0) is 68.1 Å². The number of hydrogen-bond donors (Lipinski definition) is 1. The van der Waals surface area contributed by atoms with Gasteiger partial charge < -0.3 is 10.3 Å². The molecule has 0 amide bonds. The number of hydrogen-bond acceptors (Lipinski definition) is 3. The molecule has 5 fully saturated rings. The third kappa shape index (κ3) is 2.64. The molecule has 0 spiro atoms. The van der Waals surface area contributed by atoms with Crippen molar-refractivity contribution in [2.45, 2.75) is 64.1 Å². The predicted molar refractivity (Wildman–Crippen MR) is 90.7 cm³/mol. The van der Waals surface area contributed by atoms with Gasteiger partial charge in [0.1, 0.15) is 5.82 Å². The Balaban J connectivity index is 1.32. The van der Waals surface area contributed by atoms with Crippen molar-refractivity contribution in [2.24, 2.45) is 28.9 Å². The number of nitrogens with two attached hydrogens (primary N) is 1. The molecule has 0 aromatic carbocycles. The molecular weight excluding hydrogens is 284 g/mol. The molecule has 6 rings (SSSR count). The van der Waals surface area contributed by atoms with E-state index in [-0.39, 0.29) is 0 Å². The van der Waals surface area contributed by atoms with Crippen LogP contribution in [0.15, 0.2) is 12.4 Å². The van der Waals surface area contributed by atoms with Crippen LogP contribution >= 0.6 is 0 Å². The third-order valence-corrected chi connectivity index (χ3v) is 7.15. The molecule has 5 aliphatic rings. The number of nitrogens with zero attached hydrogens (tertiary/aromatic N) is 3. The fraction of sp³-hybridized carbons (Fsp3) is 0.842. The van der Waals surface area contributed by atoms with E-state index in [1.54, 1.807) is 0 Å². The topological polar surface area (TPSA) is 47.1 Å². The predicted octanol–water partition coefficient (Wildman–Crippen LogP) is 2.63. The average Bonchev–Trinajstić information content (AvgIpc) is 3.07. The van der Waals surface area contributed by atoms with Crippen LogP contribution < -0.4 is 5.73 Å². The monoisotopic (exact) mass is 314 g/mol. The number of imidazole rings is 1. The largest absolute Gasteiger partial charge is 0.333 e. The molecule has 1 aromatic rings. The maximum Gasteiger partial charge on any atom is 0.122 e. The summed E-state index contributed by atoms with van der Waals surface area (Å²) in [5.74, 6) is 4.36. The summed E-state index contributed by atoms with van der Waals surface area (Å²) < 4.78 is 2.48. The summed E-state index contributed by atoms with van der Waals surface area (Å²) in [7, 11) is 0. The molecule has 1 atom stereocenters. The Bertz CT molecular complexity index is 542. The van der Waals surface area contributed by atoms with Crippen LogP contribution in [0.3, 0.4) is 0 Å². The van der Waals surface area contributed by atoms with Gasteiger partial charge >= 0.3 is 0 Å². The van der Waals surface area contributed by atoms with Crippen LogP contribution in [0, 0.1) is 23.2 Å². The van der Waals surface area contributed by atoms with Crippen LogP contribution in [0.2, 0.25) is 0 Å². The van der Waals surface area contributed by atoms with Crippen LogP contribution in [0.25, 0.3) is 0 Å². The Kier molecular flexibility index (Phi) is 3.35. The maximum atomic E-state index is 6.06. The van der Waals surface area contributed by atoms with Crippen LogP contribution in [-0.2, 0) is 13.1 Å². The Labute approximate surface area is 139 Å². The van der Waals surface area contributed by atoms with E-state index >= 15 is 0 Å². The summed E-state index contributed by atoms with van der Waals surface area (Å²) in [4.78, 5) is 7.16. The highest BCUT2D eigenvalue weighted by molar-refractivity contribution is 5.04. The van der Waals surface area contributed by atoms with Crippen molar-refractivity contribution in [3.63, 3.8) is 0 Å². The zero-order valence-corrected chi connectivity index (χ0v) is 14.2. The first-order valence-electron chi connectivity index (χ1n) is 9.65. The first kappa shape index (κ1) is 14.5. The van der Waals surface area contributed by atoms with Crippen molar-refractivity contribution in [1.29, 1.82) is 0 Å². The minimum atomic E-state index is 0.363. The quantitative estimate of drug-likeness (QED) is 0.929. The lowest BCUT2D eigenvalue weighted by atomic mass is 9.49. The molecule has 0 unspecified atom stereocenters. The smallest absolute Gasteiger partial charge is 0.122 e. The molecule has 0 radical (unpaired) electrons. The van der Waals surface area contributed by atoms with Crippen molar-refractivity contribution < 1.29 is 0 Å². The minimum Gasteiger partial charge on any atom is -0.333 e. The van der Waals surface area contributed by atoms with Gasteiger partial charge in [-0.25, -0.2) is 4.98 Å². The lowest BCUT2D eigenvalue weighted by Crippen LogP contribution is -2.48. The molecule has 4 bridgehead atoms. The van der Waals surface area contributed by atoms with Crippen molar-refractivity contribution in [1.82, 2.24) is 14.5 Å². The first-order valence-corrected chi connectivity index (χ1v) is 9.65. The number of likely N-dealkylation sites (tertiary alicyclic amines) is 1. The van der Waals surface area contributed by atoms with Gasteiger partial charge in [0.15, 0.2) is 0 Å². The van der Waals surface area contributed by atoms with Gasteiger partial charge in [0, 0.05) is 38.1 Å². The standard InChI is InChI=1S/C19H30N4/c20-17-1-3-22(11-17)12-18-21-2-4-23(18)13-19-8-14-5-15(9-19)7-16(6-14)10-19/h2,4,14-17H,1,3,5-13,20H2/t14?,15?,16?,17-,19?/m1/s1. The number of rotatable bonds is 4. The van der Waals surface area contributed by atoms with E-state index in [1.807, 2.05) is 6.20 Å².